The Morgan fingerprint density at radius 3 is 2.44 bits per heavy atom. The quantitative estimate of drug-likeness (QED) is 0.672. The molecule has 0 aliphatic rings. The van der Waals surface area contributed by atoms with Gasteiger partial charge in [0.25, 0.3) is 5.91 Å². The highest BCUT2D eigenvalue weighted by Crippen LogP contribution is 2.09. The summed E-state index contributed by atoms with van der Waals surface area (Å²) < 4.78 is 5.11. The molecule has 0 unspecified atom stereocenters. The first kappa shape index (κ1) is 14.8. The molecule has 102 valence electrons. The van der Waals surface area contributed by atoms with E-state index in [1.165, 1.54) is 38.5 Å². The smallest absolute Gasteiger partial charge is 0.254 e. The van der Waals surface area contributed by atoms with Gasteiger partial charge in [0.15, 0.2) is 0 Å². The van der Waals surface area contributed by atoms with E-state index < -0.39 is 0 Å². The Labute approximate surface area is 110 Å². The zero-order valence-electron chi connectivity index (χ0n) is 11.6. The molecule has 1 aromatic heterocycles. The Kier molecular flexibility index (Phi) is 7.23. The number of rotatable bonds is 9. The van der Waals surface area contributed by atoms with Gasteiger partial charge in [0.2, 0.25) is 0 Å². The van der Waals surface area contributed by atoms with Crippen LogP contribution >= 0.6 is 0 Å². The van der Waals surface area contributed by atoms with Crippen molar-refractivity contribution in [2.75, 3.05) is 6.54 Å². The van der Waals surface area contributed by atoms with Gasteiger partial charge in [-0.3, -0.25) is 4.79 Å². The van der Waals surface area contributed by atoms with E-state index in [-0.39, 0.29) is 5.91 Å². The molecule has 0 atom stereocenters. The number of unbranched alkanes of at least 4 members (excludes halogenated alkanes) is 6. The summed E-state index contributed by atoms with van der Waals surface area (Å²) in [6.45, 7) is 4.80. The van der Waals surface area contributed by atoms with Crippen molar-refractivity contribution >= 4 is 5.91 Å². The first-order valence-corrected chi connectivity index (χ1v) is 7.08. The fourth-order valence-electron chi connectivity index (χ4n) is 2.00. The SMILES string of the molecule is CCCCCCCCCNC(=O)c1ccoc1C. The molecule has 0 radical (unpaired) electrons. The molecule has 1 N–H and O–H groups in total. The van der Waals surface area contributed by atoms with Gasteiger partial charge in [0, 0.05) is 6.54 Å². The Morgan fingerprint density at radius 1 is 1.17 bits per heavy atom. The predicted molar refractivity (Wildman–Crippen MR) is 73.8 cm³/mol. The van der Waals surface area contributed by atoms with E-state index >= 15 is 0 Å². The molecule has 0 aliphatic heterocycles. The molecule has 0 aromatic carbocycles. The predicted octanol–water partition coefficient (Wildman–Crippen LogP) is 4.07. The molecule has 1 rings (SSSR count). The van der Waals surface area contributed by atoms with Crippen LogP contribution in [0.2, 0.25) is 0 Å². The Morgan fingerprint density at radius 2 is 1.83 bits per heavy atom. The molecule has 0 bridgehead atoms. The summed E-state index contributed by atoms with van der Waals surface area (Å²) in [7, 11) is 0. The largest absolute Gasteiger partial charge is 0.469 e. The van der Waals surface area contributed by atoms with Crippen LogP contribution in [0.3, 0.4) is 0 Å². The first-order valence-electron chi connectivity index (χ1n) is 7.08. The summed E-state index contributed by atoms with van der Waals surface area (Å²) in [5.41, 5.74) is 0.651. The second kappa shape index (κ2) is 8.78. The van der Waals surface area contributed by atoms with E-state index in [0.29, 0.717) is 11.3 Å². The lowest BCUT2D eigenvalue weighted by Gasteiger charge is -2.04. The molecule has 0 saturated heterocycles. The van der Waals surface area contributed by atoms with Crippen LogP contribution < -0.4 is 5.32 Å². The highest BCUT2D eigenvalue weighted by Gasteiger charge is 2.09. The lowest BCUT2D eigenvalue weighted by Crippen LogP contribution is -2.24. The average Bonchev–Trinajstić information content (AvgIpc) is 2.79. The summed E-state index contributed by atoms with van der Waals surface area (Å²) in [6, 6.07) is 1.72. The van der Waals surface area contributed by atoms with Crippen LogP contribution in [-0.2, 0) is 0 Å². The molecular formula is C15H25NO2. The molecule has 1 aromatic rings. The average molecular weight is 251 g/mol. The second-order valence-electron chi connectivity index (χ2n) is 4.77. The van der Waals surface area contributed by atoms with Gasteiger partial charge in [-0.25, -0.2) is 0 Å². The fraction of sp³-hybridized carbons (Fsp3) is 0.667. The molecule has 0 spiro atoms. The van der Waals surface area contributed by atoms with Gasteiger partial charge < -0.3 is 9.73 Å². The van der Waals surface area contributed by atoms with Crippen molar-refractivity contribution in [1.82, 2.24) is 5.32 Å². The van der Waals surface area contributed by atoms with Crippen molar-refractivity contribution in [3.05, 3.63) is 23.7 Å². The summed E-state index contributed by atoms with van der Waals surface area (Å²) >= 11 is 0. The number of hydrogen-bond donors (Lipinski definition) is 1. The maximum absolute atomic E-state index is 11.7. The zero-order valence-corrected chi connectivity index (χ0v) is 11.6. The van der Waals surface area contributed by atoms with Gasteiger partial charge in [-0.05, 0) is 19.4 Å². The molecule has 3 nitrogen and oxygen atoms in total. The zero-order chi connectivity index (χ0) is 13.2. The molecule has 0 aliphatic carbocycles. The summed E-state index contributed by atoms with van der Waals surface area (Å²) in [4.78, 5) is 11.7. The fourth-order valence-corrected chi connectivity index (χ4v) is 2.00. The summed E-state index contributed by atoms with van der Waals surface area (Å²) in [5, 5.41) is 2.93. The van der Waals surface area contributed by atoms with Gasteiger partial charge in [-0.2, -0.15) is 0 Å². The standard InChI is InChI=1S/C15H25NO2/c1-3-4-5-6-7-8-9-11-16-15(17)14-10-12-18-13(14)2/h10,12H,3-9,11H2,1-2H3,(H,16,17). The van der Waals surface area contributed by atoms with E-state index in [2.05, 4.69) is 12.2 Å². The number of carbonyl (C=O) groups excluding carboxylic acids is 1. The Bertz CT molecular complexity index is 344. The second-order valence-corrected chi connectivity index (χ2v) is 4.77. The minimum atomic E-state index is -0.0211. The number of carbonyl (C=O) groups is 1. The first-order chi connectivity index (χ1) is 8.75. The van der Waals surface area contributed by atoms with Crippen molar-refractivity contribution in [2.24, 2.45) is 0 Å². The van der Waals surface area contributed by atoms with Crippen LogP contribution in [0.15, 0.2) is 16.7 Å². The van der Waals surface area contributed by atoms with Crippen LogP contribution in [0.1, 0.15) is 68.0 Å². The van der Waals surface area contributed by atoms with E-state index in [0.717, 1.165) is 13.0 Å². The Balaban J connectivity index is 2.01. The van der Waals surface area contributed by atoms with Gasteiger partial charge in [0.05, 0.1) is 11.8 Å². The topological polar surface area (TPSA) is 42.2 Å². The van der Waals surface area contributed by atoms with Crippen LogP contribution in [-0.4, -0.2) is 12.5 Å². The lowest BCUT2D eigenvalue weighted by molar-refractivity contribution is 0.0951. The van der Waals surface area contributed by atoms with E-state index in [1.807, 2.05) is 6.92 Å². The van der Waals surface area contributed by atoms with E-state index in [1.54, 1.807) is 12.3 Å². The van der Waals surface area contributed by atoms with Crippen molar-refractivity contribution in [3.63, 3.8) is 0 Å². The van der Waals surface area contributed by atoms with Crippen LogP contribution in [0.25, 0.3) is 0 Å². The maximum atomic E-state index is 11.7. The van der Waals surface area contributed by atoms with E-state index in [4.69, 9.17) is 4.42 Å². The summed E-state index contributed by atoms with van der Waals surface area (Å²) in [5.74, 6) is 0.666. The minimum absolute atomic E-state index is 0.0211. The number of amides is 1. The van der Waals surface area contributed by atoms with Gasteiger partial charge in [-0.15, -0.1) is 0 Å². The monoisotopic (exact) mass is 251 g/mol. The van der Waals surface area contributed by atoms with Gasteiger partial charge in [0.1, 0.15) is 5.76 Å². The van der Waals surface area contributed by atoms with Gasteiger partial charge in [-0.1, -0.05) is 45.4 Å². The lowest BCUT2D eigenvalue weighted by atomic mass is 10.1. The normalized spacial score (nSPS) is 10.6. The molecule has 18 heavy (non-hydrogen) atoms. The molecule has 3 heteroatoms. The molecule has 1 amide bonds. The van der Waals surface area contributed by atoms with Crippen molar-refractivity contribution in [2.45, 2.75) is 58.8 Å². The third-order valence-electron chi connectivity index (χ3n) is 3.17. The number of nitrogens with one attached hydrogen (secondary N) is 1. The molecule has 0 fully saturated rings. The minimum Gasteiger partial charge on any atom is -0.469 e. The third kappa shape index (κ3) is 5.39. The van der Waals surface area contributed by atoms with Crippen LogP contribution in [0, 0.1) is 6.92 Å². The molecule has 0 saturated carbocycles. The molecule has 1 heterocycles. The Hall–Kier alpha value is -1.25. The highest BCUT2D eigenvalue weighted by molar-refractivity contribution is 5.94. The van der Waals surface area contributed by atoms with Crippen LogP contribution in [0.4, 0.5) is 0 Å². The van der Waals surface area contributed by atoms with E-state index in [9.17, 15) is 4.79 Å². The highest BCUT2D eigenvalue weighted by atomic mass is 16.3. The van der Waals surface area contributed by atoms with Crippen molar-refractivity contribution < 1.29 is 9.21 Å². The number of aryl methyl sites for hydroxylation is 1. The van der Waals surface area contributed by atoms with Gasteiger partial charge >= 0.3 is 0 Å². The number of hydrogen-bond acceptors (Lipinski definition) is 2. The van der Waals surface area contributed by atoms with Crippen molar-refractivity contribution in [3.8, 4) is 0 Å². The molecular weight excluding hydrogens is 226 g/mol. The van der Waals surface area contributed by atoms with Crippen LogP contribution in [0.5, 0.6) is 0 Å². The summed E-state index contributed by atoms with van der Waals surface area (Å²) in [6.07, 6.45) is 10.4. The number of furan rings is 1. The van der Waals surface area contributed by atoms with Crippen molar-refractivity contribution in [1.29, 1.82) is 0 Å². The maximum Gasteiger partial charge on any atom is 0.254 e. The third-order valence-corrected chi connectivity index (χ3v) is 3.17.